The summed E-state index contributed by atoms with van der Waals surface area (Å²) < 4.78 is 11.0. The maximum Gasteiger partial charge on any atom is 0.307 e. The third-order valence-corrected chi connectivity index (χ3v) is 4.70. The Bertz CT molecular complexity index is 698. The van der Waals surface area contributed by atoms with Crippen molar-refractivity contribution in [2.24, 2.45) is 11.8 Å². The number of ether oxygens (including phenoxy) is 2. The fraction of sp³-hybridized carbons (Fsp3) is 0.440. The second-order valence-corrected chi connectivity index (χ2v) is 8.32. The van der Waals surface area contributed by atoms with Crippen molar-refractivity contribution in [3.05, 3.63) is 71.8 Å². The standard InChI is InChI=1S/C25H32O4/c1-19(2)17-28-23(26)15-25(21-11-7-5-8-12-21,22-13-9-6-10-14-22)16-24(27)29-18-20(3)4/h5-14,19-20H,15-18H2,1-4H3. The van der Waals surface area contributed by atoms with Crippen LogP contribution in [-0.2, 0) is 24.5 Å². The van der Waals surface area contributed by atoms with Crippen molar-refractivity contribution in [2.75, 3.05) is 13.2 Å². The van der Waals surface area contributed by atoms with Crippen molar-refractivity contribution in [1.82, 2.24) is 0 Å². The molecule has 0 unspecified atom stereocenters. The first kappa shape index (κ1) is 22.7. The van der Waals surface area contributed by atoms with E-state index in [0.717, 1.165) is 11.1 Å². The lowest BCUT2D eigenvalue weighted by atomic mass is 9.69. The van der Waals surface area contributed by atoms with Crippen LogP contribution < -0.4 is 0 Å². The normalized spacial score (nSPS) is 11.5. The topological polar surface area (TPSA) is 52.6 Å². The van der Waals surface area contributed by atoms with Crippen LogP contribution in [0.3, 0.4) is 0 Å². The van der Waals surface area contributed by atoms with Gasteiger partial charge in [-0.2, -0.15) is 0 Å². The first-order valence-electron chi connectivity index (χ1n) is 10.3. The SMILES string of the molecule is CC(C)COC(=O)CC(CC(=O)OCC(C)C)(c1ccccc1)c1ccccc1. The maximum atomic E-state index is 12.8. The zero-order valence-corrected chi connectivity index (χ0v) is 17.9. The van der Waals surface area contributed by atoms with Crippen molar-refractivity contribution >= 4 is 11.9 Å². The smallest absolute Gasteiger partial charge is 0.307 e. The predicted molar refractivity (Wildman–Crippen MR) is 114 cm³/mol. The van der Waals surface area contributed by atoms with Crippen LogP contribution in [0.15, 0.2) is 60.7 Å². The van der Waals surface area contributed by atoms with E-state index in [1.807, 2.05) is 88.4 Å². The summed E-state index contributed by atoms with van der Waals surface area (Å²) >= 11 is 0. The van der Waals surface area contributed by atoms with Crippen molar-refractivity contribution in [3.8, 4) is 0 Å². The summed E-state index contributed by atoms with van der Waals surface area (Å²) in [5, 5.41) is 0. The quantitative estimate of drug-likeness (QED) is 0.521. The minimum absolute atomic E-state index is 0.0739. The van der Waals surface area contributed by atoms with Gasteiger partial charge in [-0.05, 0) is 23.0 Å². The summed E-state index contributed by atoms with van der Waals surface area (Å²) in [7, 11) is 0. The summed E-state index contributed by atoms with van der Waals surface area (Å²) in [6.45, 7) is 8.71. The first-order valence-corrected chi connectivity index (χ1v) is 10.3. The second-order valence-electron chi connectivity index (χ2n) is 8.32. The molecule has 2 aromatic carbocycles. The fourth-order valence-electron chi connectivity index (χ4n) is 3.27. The molecule has 29 heavy (non-hydrogen) atoms. The zero-order valence-electron chi connectivity index (χ0n) is 17.9. The molecule has 0 atom stereocenters. The monoisotopic (exact) mass is 396 g/mol. The lowest BCUT2D eigenvalue weighted by molar-refractivity contribution is -0.148. The molecule has 156 valence electrons. The van der Waals surface area contributed by atoms with E-state index < -0.39 is 5.41 Å². The van der Waals surface area contributed by atoms with E-state index in [1.165, 1.54) is 0 Å². The van der Waals surface area contributed by atoms with Crippen LogP contribution in [0.1, 0.15) is 51.7 Å². The molecule has 4 nitrogen and oxygen atoms in total. The van der Waals surface area contributed by atoms with Crippen LogP contribution in [0.4, 0.5) is 0 Å². The summed E-state index contributed by atoms with van der Waals surface area (Å²) in [5.41, 5.74) is 0.952. The Morgan fingerprint density at radius 3 is 1.34 bits per heavy atom. The van der Waals surface area contributed by atoms with Crippen LogP contribution in [0.2, 0.25) is 0 Å². The third kappa shape index (κ3) is 6.74. The van der Waals surface area contributed by atoms with Crippen LogP contribution in [0.5, 0.6) is 0 Å². The molecule has 0 N–H and O–H groups in total. The largest absolute Gasteiger partial charge is 0.465 e. The predicted octanol–water partition coefficient (Wildman–Crippen LogP) is 5.15. The molecule has 0 aliphatic heterocycles. The van der Waals surface area contributed by atoms with E-state index in [2.05, 4.69) is 0 Å². The Balaban J connectivity index is 2.44. The third-order valence-electron chi connectivity index (χ3n) is 4.70. The Morgan fingerprint density at radius 1 is 0.690 bits per heavy atom. The number of rotatable bonds is 10. The van der Waals surface area contributed by atoms with Crippen LogP contribution in [0.25, 0.3) is 0 Å². The van der Waals surface area contributed by atoms with Gasteiger partial charge >= 0.3 is 11.9 Å². The van der Waals surface area contributed by atoms with E-state index in [1.54, 1.807) is 0 Å². The Labute approximate surface area is 174 Å². The molecule has 2 rings (SSSR count). The van der Waals surface area contributed by atoms with Gasteiger partial charge in [0.1, 0.15) is 0 Å². The number of hydrogen-bond donors (Lipinski definition) is 0. The van der Waals surface area contributed by atoms with Gasteiger partial charge < -0.3 is 9.47 Å². The number of benzene rings is 2. The fourth-order valence-corrected chi connectivity index (χ4v) is 3.27. The highest BCUT2D eigenvalue weighted by Gasteiger charge is 2.40. The number of carbonyl (C=O) groups is 2. The second kappa shape index (κ2) is 10.8. The van der Waals surface area contributed by atoms with Crippen molar-refractivity contribution in [3.63, 3.8) is 0 Å². The molecule has 0 saturated heterocycles. The number of carbonyl (C=O) groups excluding carboxylic acids is 2. The van der Waals surface area contributed by atoms with E-state index in [9.17, 15) is 9.59 Å². The molecule has 0 heterocycles. The molecular formula is C25H32O4. The molecule has 0 aliphatic rings. The van der Waals surface area contributed by atoms with E-state index >= 15 is 0 Å². The molecular weight excluding hydrogens is 364 g/mol. The van der Waals surface area contributed by atoms with Crippen molar-refractivity contribution in [2.45, 2.75) is 46.0 Å². The van der Waals surface area contributed by atoms with Crippen molar-refractivity contribution < 1.29 is 19.1 Å². The van der Waals surface area contributed by atoms with Gasteiger partial charge in [-0.25, -0.2) is 0 Å². The van der Waals surface area contributed by atoms with Gasteiger partial charge in [0.15, 0.2) is 0 Å². The number of hydrogen-bond acceptors (Lipinski definition) is 4. The molecule has 0 saturated carbocycles. The van der Waals surface area contributed by atoms with Gasteiger partial charge in [-0.15, -0.1) is 0 Å². The van der Waals surface area contributed by atoms with E-state index in [0.29, 0.717) is 13.2 Å². The van der Waals surface area contributed by atoms with Crippen molar-refractivity contribution in [1.29, 1.82) is 0 Å². The zero-order chi connectivity index (χ0) is 21.3. The highest BCUT2D eigenvalue weighted by Crippen LogP contribution is 2.40. The Kier molecular flexibility index (Phi) is 8.44. The summed E-state index contributed by atoms with van der Waals surface area (Å²) in [5.74, 6) is -0.137. The molecule has 0 spiro atoms. The lowest BCUT2D eigenvalue weighted by Crippen LogP contribution is -2.35. The molecule has 2 aromatic rings. The Hall–Kier alpha value is -2.62. The molecule has 4 heteroatoms. The van der Waals surface area contributed by atoms with Crippen LogP contribution in [0, 0.1) is 11.8 Å². The minimum atomic E-state index is -0.843. The van der Waals surface area contributed by atoms with Gasteiger partial charge in [-0.1, -0.05) is 88.4 Å². The Morgan fingerprint density at radius 2 is 1.03 bits per heavy atom. The van der Waals surface area contributed by atoms with Gasteiger partial charge in [0.2, 0.25) is 0 Å². The van der Waals surface area contributed by atoms with Gasteiger partial charge in [0.25, 0.3) is 0 Å². The van der Waals surface area contributed by atoms with E-state index in [-0.39, 0.29) is 36.6 Å². The summed E-state index contributed by atoms with van der Waals surface area (Å²) in [6, 6.07) is 19.4. The van der Waals surface area contributed by atoms with E-state index in [4.69, 9.17) is 9.47 Å². The first-order chi connectivity index (χ1) is 13.8. The molecule has 0 bridgehead atoms. The average molecular weight is 397 g/mol. The number of esters is 2. The minimum Gasteiger partial charge on any atom is -0.465 e. The van der Waals surface area contributed by atoms with Crippen LogP contribution in [-0.4, -0.2) is 25.2 Å². The molecule has 0 amide bonds. The van der Waals surface area contributed by atoms with Crippen LogP contribution >= 0.6 is 0 Å². The van der Waals surface area contributed by atoms with Gasteiger partial charge in [-0.3, -0.25) is 9.59 Å². The lowest BCUT2D eigenvalue weighted by Gasteiger charge is -2.33. The van der Waals surface area contributed by atoms with Gasteiger partial charge in [0, 0.05) is 5.41 Å². The van der Waals surface area contributed by atoms with Gasteiger partial charge in [0.05, 0.1) is 26.1 Å². The highest BCUT2D eigenvalue weighted by molar-refractivity contribution is 5.78. The highest BCUT2D eigenvalue weighted by atomic mass is 16.5. The maximum absolute atomic E-state index is 12.8. The average Bonchev–Trinajstić information content (AvgIpc) is 2.71. The summed E-state index contributed by atoms with van der Waals surface area (Å²) in [4.78, 5) is 25.6. The molecule has 0 fully saturated rings. The molecule has 0 aromatic heterocycles. The molecule has 0 aliphatic carbocycles. The molecule has 0 radical (unpaired) electrons. The summed E-state index contributed by atoms with van der Waals surface area (Å²) in [6.07, 6.45) is 0.148.